The van der Waals surface area contributed by atoms with Gasteiger partial charge in [0.1, 0.15) is 11.4 Å². The topological polar surface area (TPSA) is 80.3 Å². The number of methoxy groups -OCH3 is 1. The standard InChI is InChI=1S/C23H23N3O3/c1-14-10-15(2)21(16(3)11-14)26-23(28)20-12-17(8-9-24-20)22(27)25-18-6-5-7-19(13-18)29-4/h5-13H,1-4H3,(H,25,27)(H,26,28). The highest BCUT2D eigenvalue weighted by Crippen LogP contribution is 2.23. The summed E-state index contributed by atoms with van der Waals surface area (Å²) in [4.78, 5) is 29.4. The second-order valence-electron chi connectivity index (χ2n) is 6.84. The van der Waals surface area contributed by atoms with E-state index in [1.807, 2.05) is 32.9 Å². The number of benzene rings is 2. The maximum atomic E-state index is 12.7. The lowest BCUT2D eigenvalue weighted by molar-refractivity contribution is 0.102. The molecule has 0 fully saturated rings. The number of anilines is 2. The highest BCUT2D eigenvalue weighted by molar-refractivity contribution is 6.08. The van der Waals surface area contributed by atoms with Gasteiger partial charge in [-0.25, -0.2) is 0 Å². The van der Waals surface area contributed by atoms with E-state index in [1.54, 1.807) is 37.4 Å². The molecule has 0 radical (unpaired) electrons. The first-order chi connectivity index (χ1) is 13.9. The Labute approximate surface area is 169 Å². The summed E-state index contributed by atoms with van der Waals surface area (Å²) >= 11 is 0. The first-order valence-corrected chi connectivity index (χ1v) is 9.18. The van der Waals surface area contributed by atoms with Crippen molar-refractivity contribution in [1.29, 1.82) is 0 Å². The molecule has 0 atom stereocenters. The summed E-state index contributed by atoms with van der Waals surface area (Å²) in [5.74, 6) is -0.0603. The molecule has 6 nitrogen and oxygen atoms in total. The molecular weight excluding hydrogens is 366 g/mol. The molecule has 148 valence electrons. The number of carbonyl (C=O) groups excluding carboxylic acids is 2. The van der Waals surface area contributed by atoms with Crippen molar-refractivity contribution >= 4 is 23.2 Å². The molecule has 3 rings (SSSR count). The number of aryl methyl sites for hydroxylation is 3. The molecule has 0 bridgehead atoms. The zero-order valence-electron chi connectivity index (χ0n) is 16.9. The van der Waals surface area contributed by atoms with Gasteiger partial charge in [0.25, 0.3) is 11.8 Å². The highest BCUT2D eigenvalue weighted by atomic mass is 16.5. The molecule has 3 aromatic rings. The Balaban J connectivity index is 1.78. The predicted octanol–water partition coefficient (Wildman–Crippen LogP) is 4.52. The van der Waals surface area contributed by atoms with Crippen LogP contribution in [-0.2, 0) is 0 Å². The fraction of sp³-hybridized carbons (Fsp3) is 0.174. The Hall–Kier alpha value is -3.67. The lowest BCUT2D eigenvalue weighted by Gasteiger charge is -2.13. The molecule has 0 aliphatic heterocycles. The Morgan fingerprint density at radius 2 is 1.62 bits per heavy atom. The van der Waals surface area contributed by atoms with Crippen LogP contribution < -0.4 is 15.4 Å². The van der Waals surface area contributed by atoms with E-state index >= 15 is 0 Å². The van der Waals surface area contributed by atoms with E-state index in [-0.39, 0.29) is 17.5 Å². The summed E-state index contributed by atoms with van der Waals surface area (Å²) < 4.78 is 5.16. The minimum Gasteiger partial charge on any atom is -0.497 e. The van der Waals surface area contributed by atoms with Gasteiger partial charge in [0.15, 0.2) is 0 Å². The van der Waals surface area contributed by atoms with E-state index in [2.05, 4.69) is 15.6 Å². The van der Waals surface area contributed by atoms with Crippen LogP contribution in [0.3, 0.4) is 0 Å². The molecule has 2 amide bonds. The number of ether oxygens (including phenoxy) is 1. The van der Waals surface area contributed by atoms with Crippen LogP contribution >= 0.6 is 0 Å². The van der Waals surface area contributed by atoms with Gasteiger partial charge in [-0.15, -0.1) is 0 Å². The first kappa shape index (κ1) is 20.1. The number of hydrogen-bond acceptors (Lipinski definition) is 4. The molecule has 0 saturated heterocycles. The molecule has 0 saturated carbocycles. The Morgan fingerprint density at radius 3 is 2.31 bits per heavy atom. The fourth-order valence-corrected chi connectivity index (χ4v) is 3.15. The van der Waals surface area contributed by atoms with Crippen LogP contribution in [0.4, 0.5) is 11.4 Å². The van der Waals surface area contributed by atoms with Crippen LogP contribution in [0.25, 0.3) is 0 Å². The van der Waals surface area contributed by atoms with Crippen LogP contribution in [0.5, 0.6) is 5.75 Å². The van der Waals surface area contributed by atoms with E-state index in [4.69, 9.17) is 4.74 Å². The van der Waals surface area contributed by atoms with E-state index in [0.29, 0.717) is 17.0 Å². The van der Waals surface area contributed by atoms with E-state index in [1.165, 1.54) is 12.3 Å². The molecular formula is C23H23N3O3. The van der Waals surface area contributed by atoms with Gasteiger partial charge in [-0.05, 0) is 56.2 Å². The SMILES string of the molecule is COc1cccc(NC(=O)c2ccnc(C(=O)Nc3c(C)cc(C)cc3C)c2)c1. The largest absolute Gasteiger partial charge is 0.497 e. The van der Waals surface area contributed by atoms with Gasteiger partial charge in [0.05, 0.1) is 7.11 Å². The number of rotatable bonds is 5. The zero-order chi connectivity index (χ0) is 21.0. The van der Waals surface area contributed by atoms with Crippen molar-refractivity contribution in [3.05, 3.63) is 82.7 Å². The summed E-state index contributed by atoms with van der Waals surface area (Å²) in [6.07, 6.45) is 1.45. The molecule has 0 aliphatic rings. The fourth-order valence-electron chi connectivity index (χ4n) is 3.15. The molecule has 2 N–H and O–H groups in total. The number of pyridine rings is 1. The maximum Gasteiger partial charge on any atom is 0.274 e. The van der Waals surface area contributed by atoms with E-state index in [0.717, 1.165) is 22.4 Å². The lowest BCUT2D eigenvalue weighted by atomic mass is 10.0. The normalized spacial score (nSPS) is 10.3. The zero-order valence-corrected chi connectivity index (χ0v) is 16.9. The van der Waals surface area contributed by atoms with Crippen molar-refractivity contribution in [2.24, 2.45) is 0 Å². The Bertz CT molecular complexity index is 1050. The van der Waals surface area contributed by atoms with Crippen LogP contribution in [0.15, 0.2) is 54.7 Å². The van der Waals surface area contributed by atoms with Crippen molar-refractivity contribution in [3.63, 3.8) is 0 Å². The smallest absolute Gasteiger partial charge is 0.274 e. The van der Waals surface area contributed by atoms with Gasteiger partial charge in [0, 0.05) is 29.2 Å². The van der Waals surface area contributed by atoms with Gasteiger partial charge in [-0.2, -0.15) is 0 Å². The summed E-state index contributed by atoms with van der Waals surface area (Å²) in [6.45, 7) is 5.90. The van der Waals surface area contributed by atoms with E-state index in [9.17, 15) is 9.59 Å². The van der Waals surface area contributed by atoms with Crippen LogP contribution in [0.1, 0.15) is 37.5 Å². The highest BCUT2D eigenvalue weighted by Gasteiger charge is 2.14. The number of amides is 2. The third kappa shape index (κ3) is 4.79. The second kappa shape index (κ2) is 8.56. The quantitative estimate of drug-likeness (QED) is 0.672. The molecule has 1 heterocycles. The third-order valence-corrected chi connectivity index (χ3v) is 4.50. The second-order valence-corrected chi connectivity index (χ2v) is 6.84. The van der Waals surface area contributed by atoms with Gasteiger partial charge in [-0.1, -0.05) is 23.8 Å². The summed E-state index contributed by atoms with van der Waals surface area (Å²) in [6, 6.07) is 14.1. The molecule has 6 heteroatoms. The summed E-state index contributed by atoms with van der Waals surface area (Å²) in [5, 5.41) is 5.70. The minimum atomic E-state index is -0.365. The van der Waals surface area contributed by atoms with Crippen molar-refractivity contribution in [2.45, 2.75) is 20.8 Å². The van der Waals surface area contributed by atoms with Crippen molar-refractivity contribution in [2.75, 3.05) is 17.7 Å². The number of carbonyl (C=O) groups is 2. The Kier molecular flexibility index (Phi) is 5.93. The van der Waals surface area contributed by atoms with Crippen LogP contribution in [0, 0.1) is 20.8 Å². The maximum absolute atomic E-state index is 12.7. The van der Waals surface area contributed by atoms with Gasteiger partial charge >= 0.3 is 0 Å². The molecule has 0 spiro atoms. The molecule has 0 aliphatic carbocycles. The average molecular weight is 389 g/mol. The molecule has 1 aromatic heterocycles. The lowest BCUT2D eigenvalue weighted by Crippen LogP contribution is -2.18. The predicted molar refractivity (Wildman–Crippen MR) is 114 cm³/mol. The molecule has 29 heavy (non-hydrogen) atoms. The monoisotopic (exact) mass is 389 g/mol. The van der Waals surface area contributed by atoms with E-state index < -0.39 is 0 Å². The third-order valence-electron chi connectivity index (χ3n) is 4.50. The van der Waals surface area contributed by atoms with Gasteiger partial charge < -0.3 is 15.4 Å². The van der Waals surface area contributed by atoms with Crippen molar-refractivity contribution in [3.8, 4) is 5.75 Å². The molecule has 0 unspecified atom stereocenters. The summed E-state index contributed by atoms with van der Waals surface area (Å²) in [7, 11) is 1.56. The summed E-state index contributed by atoms with van der Waals surface area (Å²) in [5.41, 5.74) is 4.95. The number of aromatic nitrogens is 1. The van der Waals surface area contributed by atoms with Gasteiger partial charge in [0.2, 0.25) is 0 Å². The number of nitrogens with one attached hydrogen (secondary N) is 2. The Morgan fingerprint density at radius 1 is 0.897 bits per heavy atom. The molecule has 2 aromatic carbocycles. The number of hydrogen-bond donors (Lipinski definition) is 2. The minimum absolute atomic E-state index is 0.169. The van der Waals surface area contributed by atoms with Gasteiger partial charge in [-0.3, -0.25) is 14.6 Å². The van der Waals surface area contributed by atoms with Crippen molar-refractivity contribution in [1.82, 2.24) is 4.98 Å². The van der Waals surface area contributed by atoms with Crippen molar-refractivity contribution < 1.29 is 14.3 Å². The van der Waals surface area contributed by atoms with Crippen LogP contribution in [0.2, 0.25) is 0 Å². The first-order valence-electron chi connectivity index (χ1n) is 9.18. The van der Waals surface area contributed by atoms with Crippen LogP contribution in [-0.4, -0.2) is 23.9 Å². The number of nitrogens with zero attached hydrogens (tertiary/aromatic N) is 1. The average Bonchev–Trinajstić information content (AvgIpc) is 2.70.